The fourth-order valence-corrected chi connectivity index (χ4v) is 3.00. The Kier molecular flexibility index (Phi) is 7.10. The van der Waals surface area contributed by atoms with E-state index in [1.54, 1.807) is 11.3 Å². The molecular formula is C15H26N2OS. The average molecular weight is 282 g/mol. The first-order valence-electron chi connectivity index (χ1n) is 7.07. The van der Waals surface area contributed by atoms with E-state index in [1.807, 2.05) is 18.4 Å². The molecule has 1 rings (SSSR count). The predicted molar refractivity (Wildman–Crippen MR) is 82.1 cm³/mol. The number of carbonyl (C=O) groups excluding carboxylic acids is 1. The Morgan fingerprint density at radius 2 is 2.11 bits per heavy atom. The molecule has 4 heteroatoms. The topological polar surface area (TPSA) is 55.1 Å². The van der Waals surface area contributed by atoms with Gasteiger partial charge < -0.3 is 11.1 Å². The second-order valence-electron chi connectivity index (χ2n) is 5.42. The molecule has 0 saturated heterocycles. The number of nitrogens with one attached hydrogen (secondary N) is 1. The van der Waals surface area contributed by atoms with E-state index in [9.17, 15) is 4.79 Å². The first-order valence-corrected chi connectivity index (χ1v) is 7.95. The first-order chi connectivity index (χ1) is 9.04. The maximum absolute atomic E-state index is 11.9. The summed E-state index contributed by atoms with van der Waals surface area (Å²) in [5.41, 5.74) is 5.62. The van der Waals surface area contributed by atoms with Crippen LogP contribution in [0.25, 0.3) is 0 Å². The molecule has 3 N–H and O–H groups in total. The first kappa shape index (κ1) is 16.2. The van der Waals surface area contributed by atoms with Crippen molar-refractivity contribution in [1.82, 2.24) is 5.32 Å². The third kappa shape index (κ3) is 5.74. The van der Waals surface area contributed by atoms with Gasteiger partial charge >= 0.3 is 0 Å². The standard InChI is InChI=1S/C15H26N2OS/c1-11(2)13(8-9-16)6-7-15(18)17-12(3)14-5-4-10-19-14/h4-5,10-13H,6-9,16H2,1-3H3,(H,17,18). The zero-order valence-electron chi connectivity index (χ0n) is 12.2. The molecule has 0 aliphatic rings. The molecule has 0 aliphatic carbocycles. The van der Waals surface area contributed by atoms with Crippen LogP contribution in [0.4, 0.5) is 0 Å². The van der Waals surface area contributed by atoms with Crippen LogP contribution in [0.3, 0.4) is 0 Å². The Bertz CT molecular complexity index is 362. The molecule has 0 bridgehead atoms. The van der Waals surface area contributed by atoms with Gasteiger partial charge in [-0.1, -0.05) is 19.9 Å². The summed E-state index contributed by atoms with van der Waals surface area (Å²) in [5.74, 6) is 1.28. The van der Waals surface area contributed by atoms with Gasteiger partial charge in [0, 0.05) is 11.3 Å². The lowest BCUT2D eigenvalue weighted by atomic mass is 9.88. The zero-order valence-corrected chi connectivity index (χ0v) is 13.0. The summed E-state index contributed by atoms with van der Waals surface area (Å²) in [4.78, 5) is 13.1. The van der Waals surface area contributed by atoms with E-state index in [1.165, 1.54) is 4.88 Å². The van der Waals surface area contributed by atoms with Gasteiger partial charge in [-0.15, -0.1) is 11.3 Å². The third-order valence-electron chi connectivity index (χ3n) is 3.57. The van der Waals surface area contributed by atoms with Crippen LogP contribution in [0.2, 0.25) is 0 Å². The van der Waals surface area contributed by atoms with Gasteiger partial charge in [0.25, 0.3) is 0 Å². The van der Waals surface area contributed by atoms with Crippen molar-refractivity contribution in [1.29, 1.82) is 0 Å². The number of nitrogens with two attached hydrogens (primary N) is 1. The summed E-state index contributed by atoms with van der Waals surface area (Å²) in [6, 6.07) is 4.18. The Balaban J connectivity index is 2.34. The van der Waals surface area contributed by atoms with Crippen LogP contribution in [0, 0.1) is 11.8 Å². The molecule has 2 unspecified atom stereocenters. The minimum absolute atomic E-state index is 0.111. The highest BCUT2D eigenvalue weighted by Gasteiger charge is 2.16. The van der Waals surface area contributed by atoms with Crippen LogP contribution in [-0.4, -0.2) is 12.5 Å². The van der Waals surface area contributed by atoms with Crippen LogP contribution in [0.15, 0.2) is 17.5 Å². The lowest BCUT2D eigenvalue weighted by Gasteiger charge is -2.20. The zero-order chi connectivity index (χ0) is 14.3. The lowest BCUT2D eigenvalue weighted by molar-refractivity contribution is -0.122. The molecule has 2 atom stereocenters. The SMILES string of the molecule is CC(NC(=O)CCC(CCN)C(C)C)c1cccs1. The van der Waals surface area contributed by atoms with Gasteiger partial charge in [0.15, 0.2) is 0 Å². The van der Waals surface area contributed by atoms with Crippen LogP contribution < -0.4 is 11.1 Å². The molecule has 0 spiro atoms. The fraction of sp³-hybridized carbons (Fsp3) is 0.667. The second-order valence-corrected chi connectivity index (χ2v) is 6.40. The quantitative estimate of drug-likeness (QED) is 0.768. The van der Waals surface area contributed by atoms with Crippen LogP contribution in [-0.2, 0) is 4.79 Å². The molecule has 1 heterocycles. The van der Waals surface area contributed by atoms with Gasteiger partial charge in [-0.2, -0.15) is 0 Å². The van der Waals surface area contributed by atoms with Crippen molar-refractivity contribution in [3.63, 3.8) is 0 Å². The fourth-order valence-electron chi connectivity index (χ4n) is 2.26. The molecule has 0 aromatic carbocycles. The monoisotopic (exact) mass is 282 g/mol. The molecule has 1 aromatic heterocycles. The van der Waals surface area contributed by atoms with E-state index < -0.39 is 0 Å². The van der Waals surface area contributed by atoms with Crippen molar-refractivity contribution >= 4 is 17.2 Å². The van der Waals surface area contributed by atoms with Gasteiger partial charge in [-0.05, 0) is 49.6 Å². The summed E-state index contributed by atoms with van der Waals surface area (Å²) in [6.45, 7) is 7.14. The van der Waals surface area contributed by atoms with E-state index in [2.05, 4.69) is 25.2 Å². The second kappa shape index (κ2) is 8.33. The Hall–Kier alpha value is -0.870. The van der Waals surface area contributed by atoms with E-state index in [-0.39, 0.29) is 11.9 Å². The van der Waals surface area contributed by atoms with Crippen LogP contribution >= 0.6 is 11.3 Å². The van der Waals surface area contributed by atoms with E-state index in [0.29, 0.717) is 24.8 Å². The Morgan fingerprint density at radius 3 is 2.63 bits per heavy atom. The summed E-state index contributed by atoms with van der Waals surface area (Å²) in [5, 5.41) is 5.09. The number of thiophene rings is 1. The van der Waals surface area contributed by atoms with E-state index in [4.69, 9.17) is 5.73 Å². The maximum atomic E-state index is 11.9. The van der Waals surface area contributed by atoms with Crippen LogP contribution in [0.5, 0.6) is 0 Å². The number of amides is 1. The van der Waals surface area contributed by atoms with Crippen molar-refractivity contribution in [2.24, 2.45) is 17.6 Å². The van der Waals surface area contributed by atoms with Crippen LogP contribution in [0.1, 0.15) is 51.0 Å². The summed E-state index contributed by atoms with van der Waals surface area (Å²) < 4.78 is 0. The van der Waals surface area contributed by atoms with Gasteiger partial charge in [0.05, 0.1) is 6.04 Å². The molecule has 0 aliphatic heterocycles. The largest absolute Gasteiger partial charge is 0.349 e. The summed E-state index contributed by atoms with van der Waals surface area (Å²) in [7, 11) is 0. The molecule has 0 radical (unpaired) electrons. The summed E-state index contributed by atoms with van der Waals surface area (Å²) >= 11 is 1.68. The van der Waals surface area contributed by atoms with Crippen molar-refractivity contribution < 1.29 is 4.79 Å². The molecule has 19 heavy (non-hydrogen) atoms. The van der Waals surface area contributed by atoms with Gasteiger partial charge in [-0.25, -0.2) is 0 Å². The van der Waals surface area contributed by atoms with Gasteiger partial charge in [0.2, 0.25) is 5.91 Å². The number of hydrogen-bond donors (Lipinski definition) is 2. The highest BCUT2D eigenvalue weighted by atomic mass is 32.1. The predicted octanol–water partition coefficient (Wildman–Crippen LogP) is 3.33. The van der Waals surface area contributed by atoms with Crippen molar-refractivity contribution in [3.8, 4) is 0 Å². The van der Waals surface area contributed by atoms with Crippen molar-refractivity contribution in [3.05, 3.63) is 22.4 Å². The number of rotatable bonds is 8. The number of hydrogen-bond acceptors (Lipinski definition) is 3. The number of carbonyl (C=O) groups is 1. The molecule has 108 valence electrons. The Morgan fingerprint density at radius 1 is 1.37 bits per heavy atom. The Labute approximate surface area is 120 Å². The minimum atomic E-state index is 0.111. The molecule has 1 aromatic rings. The lowest BCUT2D eigenvalue weighted by Crippen LogP contribution is -2.27. The smallest absolute Gasteiger partial charge is 0.220 e. The average Bonchev–Trinajstić information content (AvgIpc) is 2.87. The van der Waals surface area contributed by atoms with Gasteiger partial charge in [0.1, 0.15) is 0 Å². The van der Waals surface area contributed by atoms with Gasteiger partial charge in [-0.3, -0.25) is 4.79 Å². The minimum Gasteiger partial charge on any atom is -0.349 e. The van der Waals surface area contributed by atoms with E-state index in [0.717, 1.165) is 12.8 Å². The van der Waals surface area contributed by atoms with Crippen molar-refractivity contribution in [2.75, 3.05) is 6.54 Å². The van der Waals surface area contributed by atoms with E-state index >= 15 is 0 Å². The highest BCUT2D eigenvalue weighted by Crippen LogP contribution is 2.21. The third-order valence-corrected chi connectivity index (χ3v) is 4.62. The molecule has 1 amide bonds. The molecule has 0 fully saturated rings. The van der Waals surface area contributed by atoms with Crippen molar-refractivity contribution in [2.45, 2.75) is 46.1 Å². The maximum Gasteiger partial charge on any atom is 0.220 e. The molecular weight excluding hydrogens is 256 g/mol. The summed E-state index contributed by atoms with van der Waals surface area (Å²) in [6.07, 6.45) is 2.53. The highest BCUT2D eigenvalue weighted by molar-refractivity contribution is 7.10. The molecule has 0 saturated carbocycles. The molecule has 3 nitrogen and oxygen atoms in total. The normalized spacial score (nSPS) is 14.4.